The predicted octanol–water partition coefficient (Wildman–Crippen LogP) is 4.17. The maximum absolute atomic E-state index is 14.9. The van der Waals surface area contributed by atoms with Crippen LogP contribution in [0, 0.1) is 5.82 Å². The molecule has 3 rings (SSSR count). The molecule has 0 unspecified atom stereocenters. The summed E-state index contributed by atoms with van der Waals surface area (Å²) in [4.78, 5) is 18.5. The summed E-state index contributed by atoms with van der Waals surface area (Å²) in [7, 11) is 1.47. The van der Waals surface area contributed by atoms with Crippen LogP contribution in [0.5, 0.6) is 17.2 Å². The van der Waals surface area contributed by atoms with Gasteiger partial charge < -0.3 is 25.5 Å². The van der Waals surface area contributed by atoms with Crippen molar-refractivity contribution in [3.63, 3.8) is 0 Å². The first-order chi connectivity index (χ1) is 13.4. The molecule has 1 heterocycles. The predicted molar refractivity (Wildman–Crippen MR) is 104 cm³/mol. The van der Waals surface area contributed by atoms with E-state index in [0.717, 1.165) is 0 Å². The van der Waals surface area contributed by atoms with Crippen LogP contribution in [0.1, 0.15) is 16.1 Å². The summed E-state index contributed by atoms with van der Waals surface area (Å²) >= 11 is 11.9. The number of halogens is 3. The van der Waals surface area contributed by atoms with Gasteiger partial charge in [0.2, 0.25) is 0 Å². The molecule has 1 amide bonds. The molecule has 7 nitrogen and oxygen atoms in total. The fourth-order valence-electron chi connectivity index (χ4n) is 2.39. The number of rotatable bonds is 6. The van der Waals surface area contributed by atoms with E-state index in [4.69, 9.17) is 38.4 Å². The van der Waals surface area contributed by atoms with Crippen LogP contribution in [0.4, 0.5) is 10.1 Å². The van der Waals surface area contributed by atoms with E-state index in [2.05, 4.69) is 15.3 Å². The number of aromatic nitrogens is 2. The monoisotopic (exact) mass is 424 g/mol. The number of carbonyl (C=O) groups excluding carboxylic acids is 1. The molecular weight excluding hydrogens is 410 g/mol. The van der Waals surface area contributed by atoms with Crippen molar-refractivity contribution in [2.75, 3.05) is 12.8 Å². The van der Waals surface area contributed by atoms with Gasteiger partial charge in [-0.25, -0.2) is 9.37 Å². The van der Waals surface area contributed by atoms with E-state index in [1.165, 1.54) is 31.6 Å². The van der Waals surface area contributed by atoms with Crippen molar-refractivity contribution >= 4 is 34.8 Å². The van der Waals surface area contributed by atoms with Crippen LogP contribution in [0.3, 0.4) is 0 Å². The number of anilines is 1. The summed E-state index contributed by atoms with van der Waals surface area (Å²) in [6.07, 6.45) is 1.28. The second-order valence-corrected chi connectivity index (χ2v) is 6.43. The molecule has 0 spiro atoms. The van der Waals surface area contributed by atoms with Gasteiger partial charge in [0.1, 0.15) is 16.7 Å². The van der Waals surface area contributed by atoms with E-state index in [1.54, 1.807) is 12.1 Å². The van der Waals surface area contributed by atoms with Crippen LogP contribution in [0.15, 0.2) is 36.7 Å². The van der Waals surface area contributed by atoms with E-state index in [9.17, 15) is 9.18 Å². The number of nitrogens with two attached hydrogens (primary N) is 1. The van der Waals surface area contributed by atoms with Gasteiger partial charge in [-0.05, 0) is 6.07 Å². The van der Waals surface area contributed by atoms with Gasteiger partial charge in [-0.2, -0.15) is 0 Å². The van der Waals surface area contributed by atoms with E-state index in [-0.39, 0.29) is 39.5 Å². The SMILES string of the molecule is COc1cc(N)cc(Oc2c(Cl)ccc(CNC(=O)c3nc[nH]c3Cl)c2F)c1. The lowest BCUT2D eigenvalue weighted by atomic mass is 10.2. The first-order valence-corrected chi connectivity index (χ1v) is 8.71. The standard InChI is InChI=1S/C18H15Cl2FN4O3/c1-27-11-4-10(22)5-12(6-11)28-16-13(19)3-2-9(14(16)21)7-23-18(26)15-17(20)25-8-24-15/h2-6,8H,7,22H2,1H3,(H,23,26)(H,24,25). The average Bonchev–Trinajstić information content (AvgIpc) is 3.09. The van der Waals surface area contributed by atoms with E-state index >= 15 is 0 Å². The van der Waals surface area contributed by atoms with E-state index < -0.39 is 11.7 Å². The summed E-state index contributed by atoms with van der Waals surface area (Å²) < 4.78 is 25.6. The van der Waals surface area contributed by atoms with Gasteiger partial charge >= 0.3 is 0 Å². The number of ether oxygens (including phenoxy) is 2. The van der Waals surface area contributed by atoms with Crippen LogP contribution < -0.4 is 20.5 Å². The Balaban J connectivity index is 1.81. The Labute approximate surface area is 169 Å². The lowest BCUT2D eigenvalue weighted by Crippen LogP contribution is -2.24. The highest BCUT2D eigenvalue weighted by molar-refractivity contribution is 6.32. The fraction of sp³-hybridized carbons (Fsp3) is 0.111. The van der Waals surface area contributed by atoms with Crippen LogP contribution >= 0.6 is 23.2 Å². The smallest absolute Gasteiger partial charge is 0.273 e. The van der Waals surface area contributed by atoms with Crippen molar-refractivity contribution in [1.29, 1.82) is 0 Å². The number of imidazole rings is 1. The molecule has 10 heteroatoms. The van der Waals surface area contributed by atoms with Gasteiger partial charge in [0.15, 0.2) is 17.3 Å². The zero-order chi connectivity index (χ0) is 20.3. The maximum atomic E-state index is 14.9. The molecule has 0 fully saturated rings. The van der Waals surface area contributed by atoms with Gasteiger partial charge in [-0.15, -0.1) is 0 Å². The molecule has 1 aromatic heterocycles. The minimum absolute atomic E-state index is 0.0133. The second kappa shape index (κ2) is 8.37. The third-order valence-electron chi connectivity index (χ3n) is 3.73. The quantitative estimate of drug-likeness (QED) is 0.515. The summed E-state index contributed by atoms with van der Waals surface area (Å²) in [5.74, 6) is -0.766. The summed E-state index contributed by atoms with van der Waals surface area (Å²) in [5, 5.41) is 2.69. The highest BCUT2D eigenvalue weighted by atomic mass is 35.5. The molecule has 3 aromatic rings. The fourth-order valence-corrected chi connectivity index (χ4v) is 2.76. The van der Waals surface area contributed by atoms with Crippen molar-refractivity contribution < 1.29 is 18.7 Å². The van der Waals surface area contributed by atoms with Gasteiger partial charge in [0, 0.05) is 36.0 Å². The van der Waals surface area contributed by atoms with Crippen LogP contribution in [-0.4, -0.2) is 23.0 Å². The van der Waals surface area contributed by atoms with Crippen LogP contribution in [-0.2, 0) is 6.54 Å². The number of amides is 1. The molecule has 0 radical (unpaired) electrons. The number of hydrogen-bond donors (Lipinski definition) is 3. The first kappa shape index (κ1) is 19.8. The molecule has 0 aliphatic heterocycles. The second-order valence-electron chi connectivity index (χ2n) is 5.64. The van der Waals surface area contributed by atoms with Crippen LogP contribution in [0.2, 0.25) is 10.2 Å². The maximum Gasteiger partial charge on any atom is 0.273 e. The van der Waals surface area contributed by atoms with E-state index in [1.807, 2.05) is 0 Å². The number of methoxy groups -OCH3 is 1. The lowest BCUT2D eigenvalue weighted by molar-refractivity contribution is 0.0946. The minimum Gasteiger partial charge on any atom is -0.497 e. The zero-order valence-corrected chi connectivity index (χ0v) is 16.1. The van der Waals surface area contributed by atoms with Crippen molar-refractivity contribution in [3.8, 4) is 17.2 Å². The Morgan fingerprint density at radius 2 is 2.04 bits per heavy atom. The van der Waals surface area contributed by atoms with Gasteiger partial charge in [-0.3, -0.25) is 4.79 Å². The Bertz CT molecular complexity index is 1030. The van der Waals surface area contributed by atoms with Crippen molar-refractivity contribution in [3.05, 3.63) is 63.9 Å². The average molecular weight is 425 g/mol. The third kappa shape index (κ3) is 4.29. The number of benzene rings is 2. The molecular formula is C18H15Cl2FN4O3. The van der Waals surface area contributed by atoms with Crippen molar-refractivity contribution in [2.24, 2.45) is 0 Å². The summed E-state index contributed by atoms with van der Waals surface area (Å²) in [6, 6.07) is 7.55. The molecule has 28 heavy (non-hydrogen) atoms. The van der Waals surface area contributed by atoms with Gasteiger partial charge in [0.25, 0.3) is 5.91 Å². The highest BCUT2D eigenvalue weighted by Gasteiger charge is 2.18. The number of aromatic amines is 1. The zero-order valence-electron chi connectivity index (χ0n) is 14.6. The molecule has 0 saturated carbocycles. The van der Waals surface area contributed by atoms with Crippen molar-refractivity contribution in [1.82, 2.24) is 15.3 Å². The number of nitrogen functional groups attached to an aromatic ring is 1. The van der Waals surface area contributed by atoms with Crippen molar-refractivity contribution in [2.45, 2.75) is 6.54 Å². The number of H-pyrrole nitrogens is 1. The summed E-state index contributed by atoms with van der Waals surface area (Å²) in [5.41, 5.74) is 6.34. The Morgan fingerprint density at radius 3 is 2.71 bits per heavy atom. The molecule has 4 N–H and O–H groups in total. The topological polar surface area (TPSA) is 102 Å². The first-order valence-electron chi connectivity index (χ1n) is 7.95. The largest absolute Gasteiger partial charge is 0.497 e. The molecule has 0 aliphatic carbocycles. The third-order valence-corrected chi connectivity index (χ3v) is 4.32. The molecule has 146 valence electrons. The van der Waals surface area contributed by atoms with E-state index in [0.29, 0.717) is 11.4 Å². The number of nitrogens with one attached hydrogen (secondary N) is 2. The molecule has 0 aliphatic rings. The Morgan fingerprint density at radius 1 is 1.29 bits per heavy atom. The van der Waals surface area contributed by atoms with Gasteiger partial charge in [0.05, 0.1) is 18.5 Å². The number of hydrogen-bond acceptors (Lipinski definition) is 5. The van der Waals surface area contributed by atoms with Gasteiger partial charge in [-0.1, -0.05) is 29.3 Å². The molecule has 0 saturated heterocycles. The Hall–Kier alpha value is -2.97. The molecule has 0 atom stereocenters. The minimum atomic E-state index is -0.720. The normalized spacial score (nSPS) is 10.6. The number of nitrogens with zero attached hydrogens (tertiary/aromatic N) is 1. The molecule has 0 bridgehead atoms. The summed E-state index contributed by atoms with van der Waals surface area (Å²) in [6.45, 7) is -0.123. The Kier molecular flexibility index (Phi) is 5.91. The lowest BCUT2D eigenvalue weighted by Gasteiger charge is -2.13. The highest BCUT2D eigenvalue weighted by Crippen LogP contribution is 2.36. The van der Waals surface area contributed by atoms with Crippen LogP contribution in [0.25, 0.3) is 0 Å². The molecule has 2 aromatic carbocycles. The number of carbonyl (C=O) groups is 1.